The molecule has 0 spiro atoms. The Bertz CT molecular complexity index is 209. The van der Waals surface area contributed by atoms with Gasteiger partial charge in [0.15, 0.2) is 0 Å². The highest BCUT2D eigenvalue weighted by molar-refractivity contribution is 4.84. The molecule has 0 bridgehead atoms. The number of ether oxygens (including phenoxy) is 1. The van der Waals surface area contributed by atoms with Gasteiger partial charge in [0.1, 0.15) is 0 Å². The summed E-state index contributed by atoms with van der Waals surface area (Å²) in [7, 11) is 0. The highest BCUT2D eigenvalue weighted by atomic mass is 16.5. The van der Waals surface area contributed by atoms with Crippen LogP contribution in [0, 0.1) is 0 Å². The Hall–Kier alpha value is -0.0800. The molecule has 0 aromatic rings. The first-order valence-corrected chi connectivity index (χ1v) is 8.10. The molecule has 0 aromatic carbocycles. The van der Waals surface area contributed by atoms with Crippen molar-refractivity contribution in [1.29, 1.82) is 0 Å². The van der Waals surface area contributed by atoms with Crippen LogP contribution in [0.25, 0.3) is 0 Å². The zero-order valence-corrected chi connectivity index (χ0v) is 12.7. The quantitative estimate of drug-likeness (QED) is 0.742. The Morgan fingerprint density at radius 3 is 2.06 bits per heavy atom. The van der Waals surface area contributed by atoms with Crippen LogP contribution in [0.5, 0.6) is 0 Å². The summed E-state index contributed by atoms with van der Waals surface area (Å²) >= 11 is 0. The van der Waals surface area contributed by atoms with E-state index < -0.39 is 0 Å². The third kappa shape index (κ3) is 5.71. The molecule has 0 aliphatic heterocycles. The zero-order chi connectivity index (χ0) is 13.4. The molecule has 18 heavy (non-hydrogen) atoms. The van der Waals surface area contributed by atoms with Crippen LogP contribution in [0.1, 0.15) is 85.0 Å². The molecular formula is C16H33NO. The number of hydrogen-bond donors (Lipinski definition) is 1. The van der Waals surface area contributed by atoms with Crippen molar-refractivity contribution in [2.45, 2.75) is 103 Å². The fraction of sp³-hybridized carbons (Fsp3) is 1.00. The minimum Gasteiger partial charge on any atom is -0.375 e. The fourth-order valence-corrected chi connectivity index (χ4v) is 3.10. The molecule has 2 heteroatoms. The van der Waals surface area contributed by atoms with E-state index in [1.807, 2.05) is 13.8 Å². The lowest BCUT2D eigenvalue weighted by molar-refractivity contribution is -0.0363. The minimum atomic E-state index is 0.0602. The molecule has 2 fully saturated rings. The highest BCUT2D eigenvalue weighted by Gasteiger charge is 2.27. The van der Waals surface area contributed by atoms with Crippen molar-refractivity contribution in [3.8, 4) is 0 Å². The third-order valence-electron chi connectivity index (χ3n) is 4.25. The molecule has 2 atom stereocenters. The molecule has 0 radical (unpaired) electrons. The summed E-state index contributed by atoms with van der Waals surface area (Å²) in [6.45, 7) is 6.19. The van der Waals surface area contributed by atoms with E-state index in [0.29, 0.717) is 12.2 Å². The van der Waals surface area contributed by atoms with E-state index in [0.717, 1.165) is 12.8 Å². The van der Waals surface area contributed by atoms with Gasteiger partial charge in [0, 0.05) is 5.54 Å². The van der Waals surface area contributed by atoms with Crippen LogP contribution in [-0.2, 0) is 4.74 Å². The first kappa shape index (κ1) is 16.0. The van der Waals surface area contributed by atoms with Crippen molar-refractivity contribution >= 4 is 0 Å². The first-order chi connectivity index (χ1) is 8.66. The summed E-state index contributed by atoms with van der Waals surface area (Å²) in [5.41, 5.74) is 6.28. The van der Waals surface area contributed by atoms with Gasteiger partial charge in [0.25, 0.3) is 0 Å². The molecule has 2 aliphatic rings. The Balaban J connectivity index is 0.000000771. The van der Waals surface area contributed by atoms with Crippen molar-refractivity contribution in [2.75, 3.05) is 0 Å². The Kier molecular flexibility index (Phi) is 7.25. The minimum absolute atomic E-state index is 0.0602. The number of hydrogen-bond acceptors (Lipinski definition) is 2. The summed E-state index contributed by atoms with van der Waals surface area (Å²) in [6, 6.07) is 0. The second kappa shape index (κ2) is 8.16. The first-order valence-electron chi connectivity index (χ1n) is 8.10. The maximum atomic E-state index is 6.25. The van der Waals surface area contributed by atoms with Crippen molar-refractivity contribution < 1.29 is 4.74 Å². The lowest BCUT2D eigenvalue weighted by Gasteiger charge is -2.27. The Morgan fingerprint density at radius 2 is 1.39 bits per heavy atom. The molecule has 108 valence electrons. The van der Waals surface area contributed by atoms with E-state index >= 15 is 0 Å². The van der Waals surface area contributed by atoms with E-state index in [2.05, 4.69) is 6.92 Å². The van der Waals surface area contributed by atoms with Gasteiger partial charge in [-0.3, -0.25) is 0 Å². The topological polar surface area (TPSA) is 35.2 Å². The van der Waals surface area contributed by atoms with Gasteiger partial charge in [-0.25, -0.2) is 0 Å². The lowest BCUT2D eigenvalue weighted by Crippen LogP contribution is -2.35. The van der Waals surface area contributed by atoms with Crippen molar-refractivity contribution in [1.82, 2.24) is 0 Å². The SMILES string of the molecule is CC.CC1(N)CCCC(OC2CCCCC2)CC1. The molecule has 0 amide bonds. The van der Waals surface area contributed by atoms with Gasteiger partial charge < -0.3 is 10.5 Å². The summed E-state index contributed by atoms with van der Waals surface area (Å²) in [4.78, 5) is 0. The van der Waals surface area contributed by atoms with E-state index in [-0.39, 0.29) is 5.54 Å². The van der Waals surface area contributed by atoms with Crippen LogP contribution in [-0.4, -0.2) is 17.7 Å². The standard InChI is InChI=1S/C14H27NO.C2H6/c1-14(15)10-5-8-13(9-11-14)16-12-6-3-2-4-7-12;1-2/h12-13H,2-11,15H2,1H3;1-2H3. The van der Waals surface area contributed by atoms with Crippen LogP contribution >= 0.6 is 0 Å². The molecular weight excluding hydrogens is 222 g/mol. The van der Waals surface area contributed by atoms with E-state index in [4.69, 9.17) is 10.5 Å². The Morgan fingerprint density at radius 1 is 0.833 bits per heavy atom. The van der Waals surface area contributed by atoms with Gasteiger partial charge in [0.05, 0.1) is 12.2 Å². The molecule has 2 nitrogen and oxygen atoms in total. The predicted octanol–water partition coefficient (Wildman–Crippen LogP) is 4.41. The molecule has 2 rings (SSSR count). The van der Waals surface area contributed by atoms with E-state index in [1.54, 1.807) is 0 Å². The summed E-state index contributed by atoms with van der Waals surface area (Å²) < 4.78 is 6.25. The molecule has 2 unspecified atom stereocenters. The maximum Gasteiger partial charge on any atom is 0.0579 e. The maximum absolute atomic E-state index is 6.25. The van der Waals surface area contributed by atoms with E-state index in [1.165, 1.54) is 51.4 Å². The summed E-state index contributed by atoms with van der Waals surface area (Å²) in [5.74, 6) is 0. The third-order valence-corrected chi connectivity index (χ3v) is 4.25. The Labute approximate surface area is 114 Å². The number of nitrogens with two attached hydrogens (primary N) is 1. The second-order valence-electron chi connectivity index (χ2n) is 6.10. The van der Waals surface area contributed by atoms with E-state index in [9.17, 15) is 0 Å². The molecule has 0 saturated heterocycles. The fourth-order valence-electron chi connectivity index (χ4n) is 3.10. The van der Waals surface area contributed by atoms with Crippen LogP contribution in [0.3, 0.4) is 0 Å². The predicted molar refractivity (Wildman–Crippen MR) is 78.8 cm³/mol. The summed E-state index contributed by atoms with van der Waals surface area (Å²) in [5, 5.41) is 0. The lowest BCUT2D eigenvalue weighted by atomic mass is 9.94. The van der Waals surface area contributed by atoms with Gasteiger partial charge in [-0.2, -0.15) is 0 Å². The molecule has 2 saturated carbocycles. The average Bonchev–Trinajstić information content (AvgIpc) is 2.55. The largest absolute Gasteiger partial charge is 0.375 e. The van der Waals surface area contributed by atoms with Crippen molar-refractivity contribution in [3.05, 3.63) is 0 Å². The van der Waals surface area contributed by atoms with Gasteiger partial charge in [-0.1, -0.05) is 33.1 Å². The monoisotopic (exact) mass is 255 g/mol. The molecule has 2 N–H and O–H groups in total. The van der Waals surface area contributed by atoms with Crippen LogP contribution in [0.15, 0.2) is 0 Å². The van der Waals surface area contributed by atoms with Crippen LogP contribution in [0.2, 0.25) is 0 Å². The molecule has 2 aliphatic carbocycles. The number of rotatable bonds is 2. The normalized spacial score (nSPS) is 34.3. The summed E-state index contributed by atoms with van der Waals surface area (Å²) in [6.07, 6.45) is 13.7. The van der Waals surface area contributed by atoms with Gasteiger partial charge in [-0.05, 0) is 51.9 Å². The molecule has 0 heterocycles. The second-order valence-corrected chi connectivity index (χ2v) is 6.10. The average molecular weight is 255 g/mol. The zero-order valence-electron chi connectivity index (χ0n) is 12.7. The van der Waals surface area contributed by atoms with Crippen LogP contribution in [0.4, 0.5) is 0 Å². The highest BCUT2D eigenvalue weighted by Crippen LogP contribution is 2.29. The van der Waals surface area contributed by atoms with Crippen molar-refractivity contribution in [2.24, 2.45) is 5.73 Å². The van der Waals surface area contributed by atoms with Gasteiger partial charge in [0.2, 0.25) is 0 Å². The smallest absolute Gasteiger partial charge is 0.0579 e. The van der Waals surface area contributed by atoms with Gasteiger partial charge in [-0.15, -0.1) is 0 Å². The van der Waals surface area contributed by atoms with Gasteiger partial charge >= 0.3 is 0 Å². The van der Waals surface area contributed by atoms with Crippen molar-refractivity contribution in [3.63, 3.8) is 0 Å². The molecule has 0 aromatic heterocycles. The van der Waals surface area contributed by atoms with Crippen LogP contribution < -0.4 is 5.73 Å².